The van der Waals surface area contributed by atoms with Gasteiger partial charge in [-0.1, -0.05) is 12.1 Å². The van der Waals surface area contributed by atoms with Crippen molar-refractivity contribution in [3.05, 3.63) is 30.1 Å². The summed E-state index contributed by atoms with van der Waals surface area (Å²) in [5, 5.41) is 13.0. The second-order valence-electron chi connectivity index (χ2n) is 4.10. The lowest BCUT2D eigenvalue weighted by Crippen LogP contribution is -2.03. The van der Waals surface area contributed by atoms with Gasteiger partial charge in [0.1, 0.15) is 11.6 Å². The molecule has 0 saturated carbocycles. The van der Waals surface area contributed by atoms with Crippen molar-refractivity contribution in [3.8, 4) is 17.1 Å². The van der Waals surface area contributed by atoms with Crippen molar-refractivity contribution >= 4 is 5.97 Å². The summed E-state index contributed by atoms with van der Waals surface area (Å²) >= 11 is 0. The van der Waals surface area contributed by atoms with E-state index in [-0.39, 0.29) is 6.42 Å². The number of ether oxygens (including phenoxy) is 1. The maximum atomic E-state index is 10.6. The van der Waals surface area contributed by atoms with Crippen LogP contribution in [0.3, 0.4) is 0 Å². The van der Waals surface area contributed by atoms with Crippen LogP contribution in [0.15, 0.2) is 24.3 Å². The van der Waals surface area contributed by atoms with Gasteiger partial charge in [0.25, 0.3) is 0 Å². The van der Waals surface area contributed by atoms with Gasteiger partial charge in [-0.25, -0.2) is 4.98 Å². The van der Waals surface area contributed by atoms with Crippen molar-refractivity contribution in [2.45, 2.75) is 12.8 Å². The maximum Gasteiger partial charge on any atom is 0.303 e. The lowest BCUT2D eigenvalue weighted by Gasteiger charge is -2.00. The Morgan fingerprint density at radius 1 is 1.47 bits per heavy atom. The van der Waals surface area contributed by atoms with Crippen molar-refractivity contribution in [2.24, 2.45) is 7.05 Å². The highest BCUT2D eigenvalue weighted by molar-refractivity contribution is 5.67. The van der Waals surface area contributed by atoms with E-state index in [9.17, 15) is 4.79 Å². The molecule has 0 atom stereocenters. The van der Waals surface area contributed by atoms with E-state index in [1.54, 1.807) is 18.8 Å². The second kappa shape index (κ2) is 5.51. The number of aryl methyl sites for hydroxylation is 2. The normalized spacial score (nSPS) is 10.4. The van der Waals surface area contributed by atoms with E-state index in [4.69, 9.17) is 9.84 Å². The van der Waals surface area contributed by atoms with Crippen molar-refractivity contribution in [2.75, 3.05) is 7.11 Å². The number of hydrogen-bond acceptors (Lipinski definition) is 4. The van der Waals surface area contributed by atoms with Gasteiger partial charge in [-0.2, -0.15) is 5.10 Å². The molecule has 0 unspecified atom stereocenters. The average Bonchev–Trinajstić information content (AvgIpc) is 2.78. The van der Waals surface area contributed by atoms with Crippen molar-refractivity contribution in [3.63, 3.8) is 0 Å². The molecule has 0 aliphatic heterocycles. The summed E-state index contributed by atoms with van der Waals surface area (Å²) < 4.78 is 6.76. The molecule has 0 fully saturated rings. The van der Waals surface area contributed by atoms with Gasteiger partial charge < -0.3 is 9.84 Å². The fourth-order valence-corrected chi connectivity index (χ4v) is 1.74. The Labute approximate surface area is 110 Å². The number of methoxy groups -OCH3 is 1. The van der Waals surface area contributed by atoms with Crippen molar-refractivity contribution in [1.82, 2.24) is 14.8 Å². The average molecular weight is 261 g/mol. The first kappa shape index (κ1) is 13.1. The number of carboxylic acid groups (broad SMARTS) is 1. The zero-order chi connectivity index (χ0) is 13.8. The van der Waals surface area contributed by atoms with Crippen LogP contribution in [0.5, 0.6) is 5.75 Å². The van der Waals surface area contributed by atoms with E-state index in [1.165, 1.54) is 0 Å². The number of carboxylic acids is 1. The zero-order valence-corrected chi connectivity index (χ0v) is 10.8. The van der Waals surface area contributed by atoms with Gasteiger partial charge in [-0.15, -0.1) is 0 Å². The Bertz CT molecular complexity index is 593. The van der Waals surface area contributed by atoms with Gasteiger partial charge in [0.05, 0.1) is 13.5 Å². The molecule has 1 aromatic carbocycles. The monoisotopic (exact) mass is 261 g/mol. The topological polar surface area (TPSA) is 77.2 Å². The molecule has 1 N–H and O–H groups in total. The molecule has 100 valence electrons. The molecular formula is C13H15N3O3. The third-order valence-corrected chi connectivity index (χ3v) is 2.74. The van der Waals surface area contributed by atoms with Crippen LogP contribution < -0.4 is 4.74 Å². The summed E-state index contributed by atoms with van der Waals surface area (Å²) in [7, 11) is 3.36. The highest BCUT2D eigenvalue weighted by atomic mass is 16.5. The molecule has 6 nitrogen and oxygen atoms in total. The van der Waals surface area contributed by atoms with Crippen LogP contribution in [0.25, 0.3) is 11.4 Å². The van der Waals surface area contributed by atoms with E-state index in [0.717, 1.165) is 11.3 Å². The molecule has 0 saturated heterocycles. The minimum atomic E-state index is -0.842. The summed E-state index contributed by atoms with van der Waals surface area (Å²) in [4.78, 5) is 14.9. The molecule has 1 heterocycles. The minimum Gasteiger partial charge on any atom is -0.497 e. The Hall–Kier alpha value is -2.37. The van der Waals surface area contributed by atoms with Crippen molar-refractivity contribution in [1.29, 1.82) is 0 Å². The maximum absolute atomic E-state index is 10.6. The number of aliphatic carboxylic acids is 1. The predicted molar refractivity (Wildman–Crippen MR) is 68.9 cm³/mol. The molecule has 0 spiro atoms. The van der Waals surface area contributed by atoms with E-state index < -0.39 is 5.97 Å². The molecule has 1 aromatic heterocycles. The lowest BCUT2D eigenvalue weighted by molar-refractivity contribution is -0.137. The van der Waals surface area contributed by atoms with Crippen LogP contribution >= 0.6 is 0 Å². The molecule has 0 aliphatic rings. The summed E-state index contributed by atoms with van der Waals surface area (Å²) in [5.41, 5.74) is 0.844. The first-order valence-corrected chi connectivity index (χ1v) is 5.86. The minimum absolute atomic E-state index is 0.0457. The van der Waals surface area contributed by atoms with Crippen molar-refractivity contribution < 1.29 is 14.6 Å². The molecule has 0 amide bonds. The Balaban J connectivity index is 2.25. The van der Waals surface area contributed by atoms with E-state index in [0.29, 0.717) is 18.1 Å². The second-order valence-corrected chi connectivity index (χ2v) is 4.10. The van der Waals surface area contributed by atoms with Crippen LogP contribution in [0, 0.1) is 0 Å². The van der Waals surface area contributed by atoms with Crippen LogP contribution in [-0.2, 0) is 18.3 Å². The first-order chi connectivity index (χ1) is 9.10. The molecule has 0 radical (unpaired) electrons. The number of hydrogen-bond donors (Lipinski definition) is 1. The standard InChI is InChI=1S/C13H15N3O3/c1-16-11(6-7-12(17)18)14-13(15-16)9-4-3-5-10(8-9)19-2/h3-5,8H,6-7H2,1-2H3,(H,17,18). The van der Waals surface area contributed by atoms with Crippen LogP contribution in [0.2, 0.25) is 0 Å². The van der Waals surface area contributed by atoms with Crippen LogP contribution in [0.4, 0.5) is 0 Å². The molecule has 0 bridgehead atoms. The van der Waals surface area contributed by atoms with Crippen LogP contribution in [0.1, 0.15) is 12.2 Å². The third kappa shape index (κ3) is 3.09. The van der Waals surface area contributed by atoms with E-state index >= 15 is 0 Å². The Morgan fingerprint density at radius 3 is 2.95 bits per heavy atom. The number of carbonyl (C=O) groups is 1. The van der Waals surface area contributed by atoms with Gasteiger partial charge in [0, 0.05) is 19.0 Å². The highest BCUT2D eigenvalue weighted by Gasteiger charge is 2.11. The number of benzene rings is 1. The molecule has 19 heavy (non-hydrogen) atoms. The summed E-state index contributed by atoms with van der Waals surface area (Å²) in [5.74, 6) is 1.12. The molecule has 2 rings (SSSR count). The third-order valence-electron chi connectivity index (χ3n) is 2.74. The van der Waals surface area contributed by atoms with E-state index in [2.05, 4.69) is 10.1 Å². The molecule has 0 aliphatic carbocycles. The summed E-state index contributed by atoms with van der Waals surface area (Å²) in [6, 6.07) is 7.44. The fraction of sp³-hybridized carbons (Fsp3) is 0.308. The fourth-order valence-electron chi connectivity index (χ4n) is 1.74. The smallest absolute Gasteiger partial charge is 0.303 e. The van der Waals surface area contributed by atoms with Gasteiger partial charge in [-0.3, -0.25) is 9.48 Å². The highest BCUT2D eigenvalue weighted by Crippen LogP contribution is 2.21. The number of aromatic nitrogens is 3. The van der Waals surface area contributed by atoms with Gasteiger partial charge in [0.15, 0.2) is 5.82 Å². The predicted octanol–water partition coefficient (Wildman–Crippen LogP) is 1.51. The molecule has 6 heteroatoms. The lowest BCUT2D eigenvalue weighted by atomic mass is 10.2. The zero-order valence-electron chi connectivity index (χ0n) is 10.8. The first-order valence-electron chi connectivity index (χ1n) is 5.86. The molecular weight excluding hydrogens is 246 g/mol. The number of nitrogens with zero attached hydrogens (tertiary/aromatic N) is 3. The summed E-state index contributed by atoms with van der Waals surface area (Å²) in [6.07, 6.45) is 0.410. The van der Waals surface area contributed by atoms with E-state index in [1.807, 2.05) is 24.3 Å². The quantitative estimate of drug-likeness (QED) is 0.882. The summed E-state index contributed by atoms with van der Waals surface area (Å²) in [6.45, 7) is 0. The number of rotatable bonds is 5. The Kier molecular flexibility index (Phi) is 3.79. The van der Waals surface area contributed by atoms with Gasteiger partial charge in [0.2, 0.25) is 0 Å². The largest absolute Gasteiger partial charge is 0.497 e. The van der Waals surface area contributed by atoms with Gasteiger partial charge in [-0.05, 0) is 12.1 Å². The Morgan fingerprint density at radius 2 is 2.26 bits per heavy atom. The molecule has 2 aromatic rings. The van der Waals surface area contributed by atoms with Gasteiger partial charge >= 0.3 is 5.97 Å². The van der Waals surface area contributed by atoms with Crippen LogP contribution in [-0.4, -0.2) is 33.0 Å². The SMILES string of the molecule is COc1cccc(-c2nc(CCC(=O)O)n(C)n2)c1.